The Bertz CT molecular complexity index is 548. The Morgan fingerprint density at radius 3 is 2.38 bits per heavy atom. The van der Waals surface area contributed by atoms with Gasteiger partial charge in [-0.05, 0) is 18.9 Å². The average Bonchev–Trinajstić information content (AvgIpc) is 2.97. The number of hydrogen-bond acceptors (Lipinski definition) is 2. The first-order valence-corrected chi connectivity index (χ1v) is 7.46. The molecule has 114 valence electrons. The molecule has 21 heavy (non-hydrogen) atoms. The van der Waals surface area contributed by atoms with Gasteiger partial charge in [0.15, 0.2) is 0 Å². The first-order valence-electron chi connectivity index (χ1n) is 6.70. The number of carbonyl (C=O) groups is 2. The van der Waals surface area contributed by atoms with Gasteiger partial charge in [0.05, 0.1) is 12.0 Å². The standard InChI is InChI=1S/C15H18Cl2N2O2/c1-14(10-15(14,16)17)13(21)18-8-12(20)19(2)9-11-6-4-3-5-7-11/h3-7H,8-10H2,1-2H3,(H,18,21). The fourth-order valence-electron chi connectivity index (χ4n) is 2.08. The van der Waals surface area contributed by atoms with Crippen molar-refractivity contribution in [3.63, 3.8) is 0 Å². The van der Waals surface area contributed by atoms with Crippen LogP contribution in [-0.2, 0) is 16.1 Å². The van der Waals surface area contributed by atoms with Crippen LogP contribution in [0.25, 0.3) is 0 Å². The number of benzene rings is 1. The fraction of sp³-hybridized carbons (Fsp3) is 0.467. The SMILES string of the molecule is CN(Cc1ccccc1)C(=O)CNC(=O)C1(C)CC1(Cl)Cl. The summed E-state index contributed by atoms with van der Waals surface area (Å²) in [7, 11) is 1.70. The predicted molar refractivity (Wildman–Crippen MR) is 83.1 cm³/mol. The second-order valence-corrected chi connectivity index (χ2v) is 7.12. The zero-order valence-electron chi connectivity index (χ0n) is 12.0. The number of amides is 2. The Morgan fingerprint density at radius 2 is 1.86 bits per heavy atom. The van der Waals surface area contributed by atoms with Gasteiger partial charge in [-0.1, -0.05) is 30.3 Å². The Hall–Kier alpha value is -1.26. The number of halogens is 2. The van der Waals surface area contributed by atoms with Crippen molar-refractivity contribution in [2.75, 3.05) is 13.6 Å². The maximum absolute atomic E-state index is 12.0. The van der Waals surface area contributed by atoms with Crippen molar-refractivity contribution in [2.45, 2.75) is 24.2 Å². The summed E-state index contributed by atoms with van der Waals surface area (Å²) in [4.78, 5) is 25.6. The van der Waals surface area contributed by atoms with Crippen molar-refractivity contribution < 1.29 is 9.59 Å². The van der Waals surface area contributed by atoms with E-state index in [0.29, 0.717) is 13.0 Å². The third kappa shape index (κ3) is 3.50. The van der Waals surface area contributed by atoms with Crippen molar-refractivity contribution in [3.05, 3.63) is 35.9 Å². The topological polar surface area (TPSA) is 49.4 Å². The van der Waals surface area contributed by atoms with E-state index in [1.807, 2.05) is 30.3 Å². The van der Waals surface area contributed by atoms with Crippen molar-refractivity contribution in [2.24, 2.45) is 5.41 Å². The molecular formula is C15H18Cl2N2O2. The third-order valence-corrected chi connectivity index (χ3v) is 4.95. The van der Waals surface area contributed by atoms with Crippen LogP contribution in [0.5, 0.6) is 0 Å². The van der Waals surface area contributed by atoms with Crippen LogP contribution in [0.1, 0.15) is 18.9 Å². The molecule has 0 radical (unpaired) electrons. The minimum Gasteiger partial charge on any atom is -0.346 e. The van der Waals surface area contributed by atoms with Gasteiger partial charge in [0, 0.05) is 13.6 Å². The number of carbonyl (C=O) groups excluding carboxylic acids is 2. The van der Waals surface area contributed by atoms with Crippen molar-refractivity contribution >= 4 is 35.0 Å². The highest BCUT2D eigenvalue weighted by Gasteiger charge is 2.67. The molecule has 0 saturated heterocycles. The Morgan fingerprint density at radius 1 is 1.29 bits per heavy atom. The molecule has 4 nitrogen and oxygen atoms in total. The first kappa shape index (κ1) is 16.1. The van der Waals surface area contributed by atoms with Crippen LogP contribution in [0.3, 0.4) is 0 Å². The number of nitrogens with one attached hydrogen (secondary N) is 1. The molecule has 0 spiro atoms. The van der Waals surface area contributed by atoms with Gasteiger partial charge in [-0.25, -0.2) is 0 Å². The number of likely N-dealkylation sites (N-methyl/N-ethyl adjacent to an activating group) is 1. The molecule has 2 rings (SSSR count). The summed E-state index contributed by atoms with van der Waals surface area (Å²) in [5.41, 5.74) is 0.239. The molecule has 1 aliphatic carbocycles. The summed E-state index contributed by atoms with van der Waals surface area (Å²) in [6, 6.07) is 9.66. The van der Waals surface area contributed by atoms with Crippen LogP contribution in [-0.4, -0.2) is 34.6 Å². The van der Waals surface area contributed by atoms with E-state index in [0.717, 1.165) is 5.56 Å². The van der Waals surface area contributed by atoms with E-state index in [1.165, 1.54) is 0 Å². The molecule has 1 aromatic carbocycles. The lowest BCUT2D eigenvalue weighted by Crippen LogP contribution is -2.41. The summed E-state index contributed by atoms with van der Waals surface area (Å²) < 4.78 is -1.02. The maximum Gasteiger partial charge on any atom is 0.242 e. The molecule has 1 unspecified atom stereocenters. The average molecular weight is 329 g/mol. The molecule has 1 atom stereocenters. The highest BCUT2D eigenvalue weighted by Crippen LogP contribution is 2.63. The van der Waals surface area contributed by atoms with E-state index in [9.17, 15) is 9.59 Å². The molecule has 1 N–H and O–H groups in total. The first-order chi connectivity index (χ1) is 9.76. The normalized spacial score (nSPS) is 22.5. The maximum atomic E-state index is 12.0. The molecule has 1 aromatic rings. The Balaban J connectivity index is 1.81. The molecule has 6 heteroatoms. The van der Waals surface area contributed by atoms with Crippen LogP contribution in [0.4, 0.5) is 0 Å². The van der Waals surface area contributed by atoms with Gasteiger partial charge in [-0.2, -0.15) is 0 Å². The van der Waals surface area contributed by atoms with Crippen LogP contribution in [0.2, 0.25) is 0 Å². The van der Waals surface area contributed by atoms with E-state index in [4.69, 9.17) is 23.2 Å². The number of nitrogens with zero attached hydrogens (tertiary/aromatic N) is 1. The molecule has 1 saturated carbocycles. The predicted octanol–water partition coefficient (Wildman–Crippen LogP) is 2.35. The van der Waals surface area contributed by atoms with E-state index in [-0.39, 0.29) is 18.4 Å². The van der Waals surface area contributed by atoms with Gasteiger partial charge >= 0.3 is 0 Å². The highest BCUT2D eigenvalue weighted by molar-refractivity contribution is 6.53. The number of alkyl halides is 2. The summed E-state index contributed by atoms with van der Waals surface area (Å²) >= 11 is 11.9. The minimum absolute atomic E-state index is 0.0540. The summed E-state index contributed by atoms with van der Waals surface area (Å²) in [6.07, 6.45) is 0.406. The Labute approximate surface area is 134 Å². The minimum atomic E-state index is -1.02. The van der Waals surface area contributed by atoms with Crippen molar-refractivity contribution in [3.8, 4) is 0 Å². The smallest absolute Gasteiger partial charge is 0.242 e. The lowest BCUT2D eigenvalue weighted by atomic mass is 10.1. The highest BCUT2D eigenvalue weighted by atomic mass is 35.5. The summed E-state index contributed by atoms with van der Waals surface area (Å²) in [5, 5.41) is 2.61. The summed E-state index contributed by atoms with van der Waals surface area (Å²) in [5.74, 6) is -0.444. The zero-order chi connectivity index (χ0) is 15.7. The second-order valence-electron chi connectivity index (χ2n) is 5.63. The molecule has 0 heterocycles. The van der Waals surface area contributed by atoms with Gasteiger partial charge in [0.2, 0.25) is 11.8 Å². The molecule has 2 amide bonds. The van der Waals surface area contributed by atoms with Crippen molar-refractivity contribution in [1.29, 1.82) is 0 Å². The van der Waals surface area contributed by atoms with Crippen LogP contribution < -0.4 is 5.32 Å². The monoisotopic (exact) mass is 328 g/mol. The van der Waals surface area contributed by atoms with Crippen LogP contribution in [0, 0.1) is 5.41 Å². The largest absolute Gasteiger partial charge is 0.346 e. The fourth-order valence-corrected chi connectivity index (χ4v) is 2.78. The molecule has 1 aliphatic rings. The van der Waals surface area contributed by atoms with Gasteiger partial charge in [-0.15, -0.1) is 23.2 Å². The van der Waals surface area contributed by atoms with Gasteiger partial charge < -0.3 is 10.2 Å². The van der Waals surface area contributed by atoms with Gasteiger partial charge in [0.25, 0.3) is 0 Å². The molecule has 0 bridgehead atoms. The number of rotatable bonds is 5. The summed E-state index contributed by atoms with van der Waals surface area (Å²) in [6.45, 7) is 2.14. The lowest BCUT2D eigenvalue weighted by molar-refractivity contribution is -0.133. The lowest BCUT2D eigenvalue weighted by Gasteiger charge is -2.19. The van der Waals surface area contributed by atoms with Crippen molar-refractivity contribution in [1.82, 2.24) is 10.2 Å². The second kappa shape index (κ2) is 5.85. The molecule has 1 fully saturated rings. The quantitative estimate of drug-likeness (QED) is 0.843. The van der Waals surface area contributed by atoms with Gasteiger partial charge in [-0.3, -0.25) is 9.59 Å². The van der Waals surface area contributed by atoms with E-state index >= 15 is 0 Å². The van der Waals surface area contributed by atoms with Crippen LogP contribution in [0.15, 0.2) is 30.3 Å². The van der Waals surface area contributed by atoms with E-state index < -0.39 is 9.75 Å². The molecular weight excluding hydrogens is 311 g/mol. The molecule has 0 aliphatic heterocycles. The number of hydrogen-bond donors (Lipinski definition) is 1. The Kier molecular flexibility index (Phi) is 4.49. The van der Waals surface area contributed by atoms with Crippen LogP contribution >= 0.6 is 23.2 Å². The van der Waals surface area contributed by atoms with Gasteiger partial charge in [0.1, 0.15) is 4.33 Å². The molecule has 0 aromatic heterocycles. The van der Waals surface area contributed by atoms with E-state index in [1.54, 1.807) is 18.9 Å². The zero-order valence-corrected chi connectivity index (χ0v) is 13.5. The third-order valence-electron chi connectivity index (χ3n) is 3.85. The van der Waals surface area contributed by atoms with E-state index in [2.05, 4.69) is 5.32 Å².